The van der Waals surface area contributed by atoms with Gasteiger partial charge in [0.05, 0.1) is 6.20 Å². The van der Waals surface area contributed by atoms with Crippen LogP contribution in [-0.2, 0) is 4.79 Å². The fourth-order valence-corrected chi connectivity index (χ4v) is 4.29. The van der Waals surface area contributed by atoms with Gasteiger partial charge >= 0.3 is 0 Å². The number of carbonyl (C=O) groups excluding carboxylic acids is 1. The van der Waals surface area contributed by atoms with Crippen LogP contribution in [0.2, 0.25) is 0 Å². The Labute approximate surface area is 183 Å². The van der Waals surface area contributed by atoms with Gasteiger partial charge in [-0.15, -0.1) is 0 Å². The van der Waals surface area contributed by atoms with Crippen LogP contribution < -0.4 is 15.5 Å². The summed E-state index contributed by atoms with van der Waals surface area (Å²) in [7, 11) is 0. The molecule has 1 amide bonds. The Bertz CT molecular complexity index is 1070. The monoisotopic (exact) mass is 441 g/mol. The lowest BCUT2D eigenvalue weighted by Gasteiger charge is -2.24. The van der Waals surface area contributed by atoms with E-state index in [1.807, 2.05) is 48.4 Å². The molecule has 0 unspecified atom stereocenters. The van der Waals surface area contributed by atoms with Crippen molar-refractivity contribution in [1.29, 1.82) is 0 Å². The summed E-state index contributed by atoms with van der Waals surface area (Å²) in [6.07, 6.45) is 5.62. The fourth-order valence-electron chi connectivity index (χ4n) is 3.20. The van der Waals surface area contributed by atoms with Crippen molar-refractivity contribution in [3.63, 3.8) is 0 Å². The Hall–Kier alpha value is -2.75. The van der Waals surface area contributed by atoms with Gasteiger partial charge < -0.3 is 5.32 Å². The van der Waals surface area contributed by atoms with Crippen molar-refractivity contribution in [1.82, 2.24) is 19.4 Å². The predicted molar refractivity (Wildman–Crippen MR) is 119 cm³/mol. The molecule has 1 fully saturated rings. The second-order valence-electron chi connectivity index (χ2n) is 7.36. The SMILES string of the molecule is Cc1cc(NC2=CN(Sc3ccc(NC(=O)C4CC4)cc3)CC3=NC=C(Cl)[N+]23)n[nH]1. The van der Waals surface area contributed by atoms with E-state index in [-0.39, 0.29) is 11.8 Å². The lowest BCUT2D eigenvalue weighted by molar-refractivity contribution is -0.117. The normalized spacial score (nSPS) is 18.5. The van der Waals surface area contributed by atoms with Crippen molar-refractivity contribution in [2.45, 2.75) is 24.7 Å². The maximum atomic E-state index is 11.9. The third-order valence-corrected chi connectivity index (χ3v) is 6.07. The summed E-state index contributed by atoms with van der Waals surface area (Å²) in [6, 6.07) is 9.78. The van der Waals surface area contributed by atoms with Crippen LogP contribution >= 0.6 is 23.5 Å². The first-order valence-corrected chi connectivity index (χ1v) is 10.8. The van der Waals surface area contributed by atoms with E-state index in [0.717, 1.165) is 40.8 Å². The summed E-state index contributed by atoms with van der Waals surface area (Å²) in [5, 5.41) is 14.0. The van der Waals surface area contributed by atoms with Gasteiger partial charge in [-0.05, 0) is 72.5 Å². The van der Waals surface area contributed by atoms with E-state index in [4.69, 9.17) is 11.6 Å². The number of amidine groups is 1. The highest BCUT2D eigenvalue weighted by Crippen LogP contribution is 2.33. The standard InChI is InChI=1S/C20H20ClN7OS/c1-12-8-17(26-25-12)24-19-11-27(10-18-22-9-16(21)28(18)19)30-15-6-4-14(5-7-15)23-20(29)13-2-3-13/h4-9,11,13H,2-3,10H2,1H3,(H,23,29)(H2,24,25,26)/q+1. The zero-order valence-electron chi connectivity index (χ0n) is 16.2. The van der Waals surface area contributed by atoms with Gasteiger partial charge in [0.1, 0.15) is 12.7 Å². The number of aromatic nitrogens is 2. The number of nitrogens with zero attached hydrogens (tertiary/aromatic N) is 4. The van der Waals surface area contributed by atoms with Gasteiger partial charge in [0.2, 0.25) is 5.91 Å². The van der Waals surface area contributed by atoms with Crippen molar-refractivity contribution < 1.29 is 4.79 Å². The summed E-state index contributed by atoms with van der Waals surface area (Å²) in [4.78, 5) is 19.3. The van der Waals surface area contributed by atoms with Crippen LogP contribution in [0.3, 0.4) is 0 Å². The smallest absolute Gasteiger partial charge is 0.286 e. The molecule has 1 radical (unpaired) electrons. The molecule has 0 atom stereocenters. The van der Waals surface area contributed by atoms with E-state index in [0.29, 0.717) is 17.5 Å². The molecule has 1 saturated carbocycles. The molecule has 0 spiro atoms. The number of benzene rings is 1. The molecular weight excluding hydrogens is 422 g/mol. The molecule has 153 valence electrons. The number of amides is 1. The summed E-state index contributed by atoms with van der Waals surface area (Å²) in [5.74, 6) is 2.61. The lowest BCUT2D eigenvalue weighted by Crippen LogP contribution is -2.44. The molecule has 8 nitrogen and oxygen atoms in total. The van der Waals surface area contributed by atoms with Crippen molar-refractivity contribution >= 4 is 46.8 Å². The molecule has 1 aromatic carbocycles. The Balaban J connectivity index is 1.31. The topological polar surface area (TPSA) is 91.3 Å². The molecule has 5 rings (SSSR count). The minimum Gasteiger partial charge on any atom is -0.326 e. The fraction of sp³-hybridized carbons (Fsp3) is 0.250. The molecule has 1 aliphatic carbocycles. The first-order chi connectivity index (χ1) is 14.5. The zero-order chi connectivity index (χ0) is 20.7. The second-order valence-corrected chi connectivity index (χ2v) is 8.87. The van der Waals surface area contributed by atoms with Crippen molar-refractivity contribution in [2.75, 3.05) is 17.2 Å². The minimum absolute atomic E-state index is 0.113. The van der Waals surface area contributed by atoms with Crippen LogP contribution in [0.1, 0.15) is 18.5 Å². The van der Waals surface area contributed by atoms with Gasteiger partial charge in [0, 0.05) is 28.3 Å². The number of anilines is 2. The number of fused-ring (bicyclic) bond motifs is 1. The maximum Gasteiger partial charge on any atom is 0.286 e. The number of aliphatic imine (C=N–C) groups is 1. The molecule has 10 heteroatoms. The summed E-state index contributed by atoms with van der Waals surface area (Å²) < 4.78 is 2.08. The lowest BCUT2D eigenvalue weighted by atomic mass is 10.3. The van der Waals surface area contributed by atoms with E-state index in [1.54, 1.807) is 18.1 Å². The molecule has 2 aromatic rings. The van der Waals surface area contributed by atoms with E-state index >= 15 is 0 Å². The summed E-state index contributed by atoms with van der Waals surface area (Å²) in [5.41, 5.74) is 1.79. The Morgan fingerprint density at radius 1 is 1.33 bits per heavy atom. The predicted octanol–water partition coefficient (Wildman–Crippen LogP) is 3.89. The number of halogens is 1. The average Bonchev–Trinajstić information content (AvgIpc) is 3.41. The first kappa shape index (κ1) is 19.2. The van der Waals surface area contributed by atoms with Crippen LogP contribution in [-0.4, -0.2) is 32.8 Å². The first-order valence-electron chi connectivity index (χ1n) is 9.64. The van der Waals surface area contributed by atoms with E-state index in [2.05, 4.69) is 30.1 Å². The highest BCUT2D eigenvalue weighted by atomic mass is 35.5. The van der Waals surface area contributed by atoms with Crippen LogP contribution in [0.15, 0.2) is 63.6 Å². The van der Waals surface area contributed by atoms with Crippen molar-refractivity contribution in [3.05, 3.63) is 59.4 Å². The maximum absolute atomic E-state index is 11.9. The zero-order valence-corrected chi connectivity index (χ0v) is 17.8. The van der Waals surface area contributed by atoms with E-state index in [9.17, 15) is 4.79 Å². The Morgan fingerprint density at radius 2 is 2.13 bits per heavy atom. The molecule has 3 N–H and O–H groups in total. The van der Waals surface area contributed by atoms with Crippen LogP contribution in [0, 0.1) is 12.8 Å². The van der Waals surface area contributed by atoms with Crippen molar-refractivity contribution in [3.8, 4) is 0 Å². The number of rotatable bonds is 6. The molecule has 1 aromatic heterocycles. The van der Waals surface area contributed by atoms with Crippen molar-refractivity contribution in [2.24, 2.45) is 10.9 Å². The number of aryl methyl sites for hydroxylation is 1. The molecule has 30 heavy (non-hydrogen) atoms. The second kappa shape index (κ2) is 7.82. The number of H-pyrrole nitrogens is 1. The van der Waals surface area contributed by atoms with Crippen LogP contribution in [0.25, 0.3) is 0 Å². The number of hydrogen-bond acceptors (Lipinski definition) is 7. The molecule has 3 aliphatic rings. The minimum atomic E-state index is 0.113. The van der Waals surface area contributed by atoms with E-state index in [1.165, 1.54) is 0 Å². The Kier molecular flexibility index (Phi) is 5.01. The molecular formula is C20H20ClN7OS+. The van der Waals surface area contributed by atoms with Gasteiger partial charge in [-0.3, -0.25) is 19.5 Å². The molecule has 3 heterocycles. The van der Waals surface area contributed by atoms with Gasteiger partial charge in [0.15, 0.2) is 5.82 Å². The molecule has 0 saturated heterocycles. The quantitative estimate of drug-likeness (QED) is 0.359. The number of carbonyl (C=O) groups is 1. The third-order valence-electron chi connectivity index (χ3n) is 4.85. The highest BCUT2D eigenvalue weighted by molar-refractivity contribution is 7.97. The largest absolute Gasteiger partial charge is 0.326 e. The molecule has 2 aliphatic heterocycles. The van der Waals surface area contributed by atoms with Crippen LogP contribution in [0.5, 0.6) is 0 Å². The van der Waals surface area contributed by atoms with E-state index < -0.39 is 0 Å². The van der Waals surface area contributed by atoms with Gasteiger partial charge in [0.25, 0.3) is 16.8 Å². The highest BCUT2D eigenvalue weighted by Gasteiger charge is 2.42. The number of hydrogen-bond donors (Lipinski definition) is 3. The summed E-state index contributed by atoms with van der Waals surface area (Å²) >= 11 is 7.93. The third kappa shape index (κ3) is 4.09. The molecule has 0 bridgehead atoms. The Morgan fingerprint density at radius 3 is 2.83 bits per heavy atom. The van der Waals surface area contributed by atoms with Gasteiger partial charge in [-0.25, -0.2) is 0 Å². The average molecular weight is 442 g/mol. The number of nitrogens with one attached hydrogen (secondary N) is 3. The summed E-state index contributed by atoms with van der Waals surface area (Å²) in [6.45, 7) is 2.55. The van der Waals surface area contributed by atoms with Gasteiger partial charge in [-0.1, -0.05) is 0 Å². The van der Waals surface area contributed by atoms with Crippen LogP contribution in [0.4, 0.5) is 11.5 Å². The van der Waals surface area contributed by atoms with Gasteiger partial charge in [-0.2, -0.15) is 10.1 Å². The number of aromatic amines is 1.